The van der Waals surface area contributed by atoms with Gasteiger partial charge in [-0.15, -0.1) is 5.10 Å². The Morgan fingerprint density at radius 2 is 2.23 bits per heavy atom. The Hall–Kier alpha value is -2.63. The third kappa shape index (κ3) is 3.00. The van der Waals surface area contributed by atoms with E-state index in [1.165, 1.54) is 10.3 Å². The fraction of sp³-hybridized carbons (Fsp3) is 0.312. The lowest BCUT2D eigenvalue weighted by Crippen LogP contribution is -2.19. The van der Waals surface area contributed by atoms with Gasteiger partial charge in [-0.1, -0.05) is 38.1 Å². The average Bonchev–Trinajstić information content (AvgIpc) is 2.89. The van der Waals surface area contributed by atoms with Gasteiger partial charge in [0.05, 0.1) is 6.04 Å². The molecule has 1 aliphatic rings. The maximum absolute atomic E-state index is 5.92. The fourth-order valence-electron chi connectivity index (χ4n) is 2.37. The van der Waals surface area contributed by atoms with Gasteiger partial charge < -0.3 is 11.1 Å². The molecule has 1 atom stereocenters. The van der Waals surface area contributed by atoms with Gasteiger partial charge in [-0.25, -0.2) is 4.98 Å². The largest absolute Gasteiger partial charge is 0.368 e. The number of nitrogens with one attached hydrogen (secondary N) is 1. The van der Waals surface area contributed by atoms with E-state index in [0.717, 1.165) is 6.42 Å². The first kappa shape index (κ1) is 14.3. The summed E-state index contributed by atoms with van der Waals surface area (Å²) in [6.45, 7) is 4.39. The molecule has 0 spiro atoms. The summed E-state index contributed by atoms with van der Waals surface area (Å²) in [5.41, 5.74) is 7.29. The molecule has 0 radical (unpaired) electrons. The highest BCUT2D eigenvalue weighted by molar-refractivity contribution is 5.41. The summed E-state index contributed by atoms with van der Waals surface area (Å²) in [4.78, 5) is 8.49. The molecule has 0 amide bonds. The molecule has 3 N–H and O–H groups in total. The Bertz CT molecular complexity index is 699. The molecule has 22 heavy (non-hydrogen) atoms. The molecular formula is C16H20N6. The van der Waals surface area contributed by atoms with Crippen molar-refractivity contribution in [2.45, 2.75) is 26.3 Å². The Balaban J connectivity index is 1.72. The molecule has 2 heterocycles. The number of nitrogen functional groups attached to an aromatic ring is 1. The number of nitrogens with zero attached hydrogens (tertiary/aromatic N) is 4. The molecule has 1 aliphatic carbocycles. The van der Waals surface area contributed by atoms with E-state index < -0.39 is 0 Å². The topological polar surface area (TPSA) is 81.6 Å². The first-order valence-electron chi connectivity index (χ1n) is 7.42. The normalized spacial score (nSPS) is 17.6. The maximum Gasteiger partial charge on any atom is 0.244 e. The summed E-state index contributed by atoms with van der Waals surface area (Å²) < 4.78 is 1.53. The molecular weight excluding hydrogens is 276 g/mol. The molecule has 0 aromatic carbocycles. The Morgan fingerprint density at radius 3 is 2.86 bits per heavy atom. The third-order valence-electron chi connectivity index (χ3n) is 3.61. The van der Waals surface area contributed by atoms with Gasteiger partial charge in [-0.05, 0) is 30.0 Å². The van der Waals surface area contributed by atoms with Crippen LogP contribution >= 0.6 is 0 Å². The van der Waals surface area contributed by atoms with Gasteiger partial charge in [0.15, 0.2) is 5.82 Å². The second-order valence-corrected chi connectivity index (χ2v) is 5.60. The van der Waals surface area contributed by atoms with E-state index in [4.69, 9.17) is 5.73 Å². The van der Waals surface area contributed by atoms with Crippen molar-refractivity contribution in [2.75, 3.05) is 11.1 Å². The van der Waals surface area contributed by atoms with Crippen molar-refractivity contribution < 1.29 is 0 Å². The number of hydrogen-bond donors (Lipinski definition) is 2. The van der Waals surface area contributed by atoms with E-state index in [1.807, 2.05) is 18.2 Å². The molecule has 0 saturated heterocycles. The molecule has 114 valence electrons. The lowest BCUT2D eigenvalue weighted by molar-refractivity contribution is 0.755. The number of aromatic nitrogens is 4. The van der Waals surface area contributed by atoms with E-state index in [2.05, 4.69) is 52.5 Å². The van der Waals surface area contributed by atoms with Crippen LogP contribution in [0.15, 0.2) is 48.2 Å². The lowest BCUT2D eigenvalue weighted by Gasteiger charge is -2.18. The minimum absolute atomic E-state index is 0.182. The fourth-order valence-corrected chi connectivity index (χ4v) is 2.37. The van der Waals surface area contributed by atoms with Gasteiger partial charge in [-0.3, -0.25) is 0 Å². The summed E-state index contributed by atoms with van der Waals surface area (Å²) in [7, 11) is 0. The van der Waals surface area contributed by atoms with Crippen molar-refractivity contribution >= 4 is 11.9 Å². The minimum atomic E-state index is 0.182. The predicted molar refractivity (Wildman–Crippen MR) is 87.7 cm³/mol. The minimum Gasteiger partial charge on any atom is -0.368 e. The Morgan fingerprint density at radius 1 is 1.36 bits per heavy atom. The summed E-state index contributed by atoms with van der Waals surface area (Å²) in [5.74, 6) is 2.04. The van der Waals surface area contributed by atoms with Gasteiger partial charge in [0.1, 0.15) is 0 Å². The van der Waals surface area contributed by atoms with Gasteiger partial charge in [0, 0.05) is 6.20 Å². The molecule has 0 fully saturated rings. The van der Waals surface area contributed by atoms with Crippen LogP contribution in [0.1, 0.15) is 20.3 Å². The monoisotopic (exact) mass is 296 g/mol. The molecule has 6 nitrogen and oxygen atoms in total. The summed E-state index contributed by atoms with van der Waals surface area (Å²) in [6, 6.07) is 5.76. The average molecular weight is 296 g/mol. The smallest absolute Gasteiger partial charge is 0.244 e. The van der Waals surface area contributed by atoms with Crippen LogP contribution in [0.4, 0.5) is 11.9 Å². The van der Waals surface area contributed by atoms with Crippen molar-refractivity contribution in [1.29, 1.82) is 0 Å². The first-order chi connectivity index (χ1) is 10.6. The number of rotatable bonds is 4. The zero-order valence-corrected chi connectivity index (χ0v) is 12.8. The van der Waals surface area contributed by atoms with E-state index in [9.17, 15) is 0 Å². The highest BCUT2D eigenvalue weighted by Gasteiger charge is 2.14. The molecule has 0 saturated carbocycles. The van der Waals surface area contributed by atoms with Crippen LogP contribution in [-0.2, 0) is 0 Å². The SMILES string of the molecule is CC(C)C1=CCC(Nc2nc(N)n(-c3ccccn3)n2)C=C1. The Labute approximate surface area is 129 Å². The standard InChI is InChI=1S/C16H20N6/c1-11(2)12-6-8-13(9-7-12)19-16-20-15(17)22(21-16)14-5-3-4-10-18-14/h3-8,10-11,13H,9H2,1-2H3,(H3,17,19,20,21). The Kier molecular flexibility index (Phi) is 3.91. The van der Waals surface area contributed by atoms with Gasteiger partial charge >= 0.3 is 0 Å². The predicted octanol–water partition coefficient (Wildman–Crippen LogP) is 2.57. The van der Waals surface area contributed by atoms with Crippen molar-refractivity contribution in [1.82, 2.24) is 19.7 Å². The van der Waals surface area contributed by atoms with Crippen LogP contribution < -0.4 is 11.1 Å². The molecule has 1 unspecified atom stereocenters. The van der Waals surface area contributed by atoms with Crippen molar-refractivity contribution in [2.24, 2.45) is 5.92 Å². The zero-order valence-electron chi connectivity index (χ0n) is 12.8. The van der Waals surface area contributed by atoms with Crippen LogP contribution in [0.25, 0.3) is 5.82 Å². The quantitative estimate of drug-likeness (QED) is 0.906. The van der Waals surface area contributed by atoms with Crippen LogP contribution in [0, 0.1) is 5.92 Å². The number of nitrogens with two attached hydrogens (primary N) is 1. The maximum atomic E-state index is 5.92. The number of pyridine rings is 1. The molecule has 2 aromatic heterocycles. The third-order valence-corrected chi connectivity index (χ3v) is 3.61. The van der Waals surface area contributed by atoms with Gasteiger partial charge in [0.25, 0.3) is 0 Å². The zero-order chi connectivity index (χ0) is 15.5. The lowest BCUT2D eigenvalue weighted by atomic mass is 9.95. The molecule has 6 heteroatoms. The highest BCUT2D eigenvalue weighted by Crippen LogP contribution is 2.20. The second-order valence-electron chi connectivity index (χ2n) is 5.60. The molecule has 0 bridgehead atoms. The van der Waals surface area contributed by atoms with Crippen LogP contribution in [0.3, 0.4) is 0 Å². The van der Waals surface area contributed by atoms with Crippen LogP contribution in [0.5, 0.6) is 0 Å². The van der Waals surface area contributed by atoms with Crippen molar-refractivity contribution in [3.8, 4) is 5.82 Å². The van der Waals surface area contributed by atoms with Gasteiger partial charge in [-0.2, -0.15) is 9.67 Å². The molecule has 0 aliphatic heterocycles. The number of anilines is 2. The summed E-state index contributed by atoms with van der Waals surface area (Å²) in [6.07, 6.45) is 9.17. The molecule has 2 aromatic rings. The van der Waals surface area contributed by atoms with E-state index in [-0.39, 0.29) is 6.04 Å². The second kappa shape index (κ2) is 6.01. The van der Waals surface area contributed by atoms with Crippen LogP contribution in [-0.4, -0.2) is 25.8 Å². The van der Waals surface area contributed by atoms with E-state index in [0.29, 0.717) is 23.6 Å². The van der Waals surface area contributed by atoms with Crippen molar-refractivity contribution in [3.63, 3.8) is 0 Å². The summed E-state index contributed by atoms with van der Waals surface area (Å²) in [5, 5.41) is 7.67. The van der Waals surface area contributed by atoms with Crippen LogP contribution in [0.2, 0.25) is 0 Å². The highest BCUT2D eigenvalue weighted by atomic mass is 15.4. The van der Waals surface area contributed by atoms with Crippen molar-refractivity contribution in [3.05, 3.63) is 48.2 Å². The van der Waals surface area contributed by atoms with Gasteiger partial charge in [0.2, 0.25) is 11.9 Å². The first-order valence-corrected chi connectivity index (χ1v) is 7.42. The van der Waals surface area contributed by atoms with E-state index in [1.54, 1.807) is 6.20 Å². The molecule has 3 rings (SSSR count). The number of hydrogen-bond acceptors (Lipinski definition) is 5. The summed E-state index contributed by atoms with van der Waals surface area (Å²) >= 11 is 0. The number of allylic oxidation sites excluding steroid dienone is 2. The van der Waals surface area contributed by atoms with E-state index >= 15 is 0 Å².